The predicted molar refractivity (Wildman–Crippen MR) is 87.6 cm³/mol. The fraction of sp³-hybridized carbons (Fsp3) is 1.00. The van der Waals surface area contributed by atoms with Crippen LogP contribution in [0.25, 0.3) is 0 Å². The molecule has 3 fully saturated rings. The van der Waals surface area contributed by atoms with Gasteiger partial charge in [-0.15, -0.1) is 0 Å². The van der Waals surface area contributed by atoms with Crippen molar-refractivity contribution in [3.8, 4) is 0 Å². The third kappa shape index (κ3) is 4.94. The van der Waals surface area contributed by atoms with Crippen LogP contribution in [0.15, 0.2) is 0 Å². The molecule has 0 bridgehead atoms. The van der Waals surface area contributed by atoms with E-state index in [1.807, 2.05) is 0 Å². The smallest absolute Gasteiger partial charge is 0.0546 e. The molecule has 1 unspecified atom stereocenters. The SMILES string of the molecule is CC(C)(C)NCC1(CN(CC2CC2)C2CC2)CCCOC1. The summed E-state index contributed by atoms with van der Waals surface area (Å²) in [6, 6.07) is 0.888. The molecule has 1 saturated heterocycles. The van der Waals surface area contributed by atoms with Crippen LogP contribution in [0.2, 0.25) is 0 Å². The lowest BCUT2D eigenvalue weighted by Gasteiger charge is -2.43. The molecule has 0 aromatic rings. The zero-order valence-electron chi connectivity index (χ0n) is 14.3. The monoisotopic (exact) mass is 294 g/mol. The highest BCUT2D eigenvalue weighted by molar-refractivity contribution is 4.95. The van der Waals surface area contributed by atoms with Crippen LogP contribution in [-0.4, -0.2) is 49.3 Å². The molecule has 0 aromatic heterocycles. The van der Waals surface area contributed by atoms with E-state index in [-0.39, 0.29) is 5.54 Å². The number of nitrogens with zero attached hydrogens (tertiary/aromatic N) is 1. The van der Waals surface area contributed by atoms with Crippen LogP contribution in [0.1, 0.15) is 59.3 Å². The molecule has 0 spiro atoms. The first-order chi connectivity index (χ1) is 9.96. The Kier molecular flexibility index (Phi) is 4.63. The van der Waals surface area contributed by atoms with E-state index in [2.05, 4.69) is 31.0 Å². The second-order valence-corrected chi connectivity index (χ2v) is 8.86. The molecular weight excluding hydrogens is 260 g/mol. The van der Waals surface area contributed by atoms with Crippen LogP contribution < -0.4 is 5.32 Å². The van der Waals surface area contributed by atoms with Crippen LogP contribution in [-0.2, 0) is 4.74 Å². The fourth-order valence-corrected chi connectivity index (χ4v) is 3.53. The Morgan fingerprint density at radius 3 is 2.48 bits per heavy atom. The van der Waals surface area contributed by atoms with Gasteiger partial charge in [-0.1, -0.05) is 0 Å². The Morgan fingerprint density at radius 1 is 1.19 bits per heavy atom. The zero-order valence-corrected chi connectivity index (χ0v) is 14.3. The van der Waals surface area contributed by atoms with Gasteiger partial charge < -0.3 is 10.1 Å². The summed E-state index contributed by atoms with van der Waals surface area (Å²) in [5, 5.41) is 3.76. The van der Waals surface area contributed by atoms with Crippen molar-refractivity contribution in [1.29, 1.82) is 0 Å². The van der Waals surface area contributed by atoms with Crippen LogP contribution in [0.5, 0.6) is 0 Å². The summed E-state index contributed by atoms with van der Waals surface area (Å²) in [7, 11) is 0. The first kappa shape index (κ1) is 15.8. The normalized spacial score (nSPS) is 30.9. The van der Waals surface area contributed by atoms with Crippen LogP contribution in [0, 0.1) is 11.3 Å². The van der Waals surface area contributed by atoms with Gasteiger partial charge in [0.25, 0.3) is 0 Å². The van der Waals surface area contributed by atoms with E-state index in [0.717, 1.165) is 31.7 Å². The van der Waals surface area contributed by atoms with Gasteiger partial charge >= 0.3 is 0 Å². The Balaban J connectivity index is 1.62. The highest BCUT2D eigenvalue weighted by atomic mass is 16.5. The Labute approximate surface area is 130 Å². The summed E-state index contributed by atoms with van der Waals surface area (Å²) in [6.45, 7) is 12.4. The van der Waals surface area contributed by atoms with Crippen molar-refractivity contribution in [1.82, 2.24) is 10.2 Å². The largest absolute Gasteiger partial charge is 0.381 e. The number of nitrogens with one attached hydrogen (secondary N) is 1. The summed E-state index contributed by atoms with van der Waals surface area (Å²) >= 11 is 0. The average Bonchev–Trinajstić information content (AvgIpc) is 3.28. The van der Waals surface area contributed by atoms with E-state index in [9.17, 15) is 0 Å². The van der Waals surface area contributed by atoms with E-state index >= 15 is 0 Å². The first-order valence-electron chi connectivity index (χ1n) is 9.03. The molecule has 122 valence electrons. The molecule has 3 aliphatic rings. The van der Waals surface area contributed by atoms with E-state index in [1.165, 1.54) is 51.6 Å². The second kappa shape index (κ2) is 6.17. The summed E-state index contributed by atoms with van der Waals surface area (Å²) in [5.74, 6) is 1.00. The molecule has 3 nitrogen and oxygen atoms in total. The molecule has 3 heteroatoms. The van der Waals surface area contributed by atoms with E-state index in [0.29, 0.717) is 5.41 Å². The zero-order chi connectivity index (χ0) is 14.9. The van der Waals surface area contributed by atoms with Crippen molar-refractivity contribution in [2.75, 3.05) is 32.8 Å². The number of rotatable bonds is 7. The maximum Gasteiger partial charge on any atom is 0.0546 e. The van der Waals surface area contributed by atoms with Crippen molar-refractivity contribution in [2.24, 2.45) is 11.3 Å². The van der Waals surface area contributed by atoms with Crippen molar-refractivity contribution in [2.45, 2.75) is 70.9 Å². The molecule has 21 heavy (non-hydrogen) atoms. The van der Waals surface area contributed by atoms with Crippen molar-refractivity contribution < 1.29 is 4.74 Å². The van der Waals surface area contributed by atoms with Crippen LogP contribution in [0.4, 0.5) is 0 Å². The highest BCUT2D eigenvalue weighted by Crippen LogP contribution is 2.38. The minimum Gasteiger partial charge on any atom is -0.381 e. The molecule has 0 radical (unpaired) electrons. The van der Waals surface area contributed by atoms with Gasteiger partial charge in [0.05, 0.1) is 6.61 Å². The standard InChI is InChI=1S/C18H34N2O/c1-17(2,3)19-12-18(9-4-10-21-14-18)13-20(16-7-8-16)11-15-5-6-15/h15-16,19H,4-14H2,1-3H3. The van der Waals surface area contributed by atoms with Crippen molar-refractivity contribution in [3.05, 3.63) is 0 Å². The van der Waals surface area contributed by atoms with Gasteiger partial charge in [0.1, 0.15) is 0 Å². The lowest BCUT2D eigenvalue weighted by Crippen LogP contribution is -2.53. The molecule has 0 amide bonds. The van der Waals surface area contributed by atoms with Crippen LogP contribution in [0.3, 0.4) is 0 Å². The van der Waals surface area contributed by atoms with Gasteiger partial charge in [0.15, 0.2) is 0 Å². The second-order valence-electron chi connectivity index (χ2n) is 8.86. The first-order valence-corrected chi connectivity index (χ1v) is 9.03. The lowest BCUT2D eigenvalue weighted by molar-refractivity contribution is -0.0308. The van der Waals surface area contributed by atoms with E-state index in [1.54, 1.807) is 0 Å². The number of hydrogen-bond acceptors (Lipinski definition) is 3. The molecule has 2 saturated carbocycles. The predicted octanol–water partition coefficient (Wildman–Crippen LogP) is 3.05. The summed E-state index contributed by atoms with van der Waals surface area (Å²) in [4.78, 5) is 2.82. The molecule has 2 aliphatic carbocycles. The average molecular weight is 294 g/mol. The van der Waals surface area contributed by atoms with Gasteiger partial charge in [-0.3, -0.25) is 4.90 Å². The van der Waals surface area contributed by atoms with Gasteiger partial charge in [-0.2, -0.15) is 0 Å². The van der Waals surface area contributed by atoms with E-state index < -0.39 is 0 Å². The van der Waals surface area contributed by atoms with Gasteiger partial charge in [-0.25, -0.2) is 0 Å². The van der Waals surface area contributed by atoms with Crippen molar-refractivity contribution in [3.63, 3.8) is 0 Å². The summed E-state index contributed by atoms with van der Waals surface area (Å²) in [5.41, 5.74) is 0.536. The molecule has 1 aliphatic heterocycles. The van der Waals surface area contributed by atoms with Crippen LogP contribution >= 0.6 is 0 Å². The van der Waals surface area contributed by atoms with Gasteiger partial charge in [0.2, 0.25) is 0 Å². The number of ether oxygens (including phenoxy) is 1. The minimum atomic E-state index is 0.200. The topological polar surface area (TPSA) is 24.5 Å². The summed E-state index contributed by atoms with van der Waals surface area (Å²) < 4.78 is 5.91. The van der Waals surface area contributed by atoms with Gasteiger partial charge in [-0.05, 0) is 65.2 Å². The number of hydrogen-bond donors (Lipinski definition) is 1. The molecule has 3 rings (SSSR count). The maximum atomic E-state index is 5.91. The fourth-order valence-electron chi connectivity index (χ4n) is 3.53. The molecule has 1 heterocycles. The maximum absolute atomic E-state index is 5.91. The molecule has 1 N–H and O–H groups in total. The Morgan fingerprint density at radius 2 is 1.95 bits per heavy atom. The quantitative estimate of drug-likeness (QED) is 0.781. The Hall–Kier alpha value is -0.120. The third-order valence-corrected chi connectivity index (χ3v) is 5.19. The summed E-state index contributed by atoms with van der Waals surface area (Å²) in [6.07, 6.45) is 8.34. The molecular formula is C18H34N2O. The van der Waals surface area contributed by atoms with Gasteiger partial charge in [0, 0.05) is 43.2 Å². The third-order valence-electron chi connectivity index (χ3n) is 5.19. The van der Waals surface area contributed by atoms with Crippen molar-refractivity contribution >= 4 is 0 Å². The molecule has 1 atom stereocenters. The molecule has 0 aromatic carbocycles. The minimum absolute atomic E-state index is 0.200. The lowest BCUT2D eigenvalue weighted by atomic mass is 9.81. The highest BCUT2D eigenvalue weighted by Gasteiger charge is 2.41. The van der Waals surface area contributed by atoms with E-state index in [4.69, 9.17) is 4.74 Å². The Bertz CT molecular complexity index is 336.